The van der Waals surface area contributed by atoms with Gasteiger partial charge in [-0.3, -0.25) is 0 Å². The van der Waals surface area contributed by atoms with Crippen molar-refractivity contribution < 1.29 is 4.74 Å². The molecule has 100 valence electrons. The first-order chi connectivity index (χ1) is 8.11. The monoisotopic (exact) mass is 257 g/mol. The minimum Gasteiger partial charge on any atom is -0.375 e. The van der Waals surface area contributed by atoms with Gasteiger partial charge in [0.25, 0.3) is 0 Å². The van der Waals surface area contributed by atoms with E-state index in [2.05, 4.69) is 25.4 Å². The van der Waals surface area contributed by atoms with E-state index < -0.39 is 0 Å². The number of thioether (sulfide) groups is 1. The molecular weight excluding hydrogens is 230 g/mol. The highest BCUT2D eigenvalue weighted by atomic mass is 32.2. The Hall–Kier alpha value is 0.270. The molecule has 1 saturated heterocycles. The zero-order valence-electron chi connectivity index (χ0n) is 11.5. The first-order valence-corrected chi connectivity index (χ1v) is 8.32. The van der Waals surface area contributed by atoms with Crippen LogP contribution in [0.15, 0.2) is 0 Å². The van der Waals surface area contributed by atoms with Gasteiger partial charge in [-0.1, -0.05) is 12.8 Å². The summed E-state index contributed by atoms with van der Waals surface area (Å²) in [6, 6.07) is 1.40. The lowest BCUT2D eigenvalue weighted by molar-refractivity contribution is -0.0645. The molecule has 3 heteroatoms. The standard InChI is InChI=1S/C14H27NOS/c1-14(2)10-11(8-9-16-14)15-12-6-4-5-7-13(12)17-3/h11-13,15H,4-10H2,1-3H3. The van der Waals surface area contributed by atoms with Crippen molar-refractivity contribution in [3.63, 3.8) is 0 Å². The summed E-state index contributed by atoms with van der Waals surface area (Å²) in [5, 5.41) is 4.74. The van der Waals surface area contributed by atoms with Gasteiger partial charge in [-0.05, 0) is 45.8 Å². The van der Waals surface area contributed by atoms with E-state index in [9.17, 15) is 0 Å². The Morgan fingerprint density at radius 3 is 2.65 bits per heavy atom. The minimum absolute atomic E-state index is 0.0689. The summed E-state index contributed by atoms with van der Waals surface area (Å²) in [5.74, 6) is 0. The quantitative estimate of drug-likeness (QED) is 0.839. The van der Waals surface area contributed by atoms with Gasteiger partial charge in [0.1, 0.15) is 0 Å². The van der Waals surface area contributed by atoms with Crippen LogP contribution >= 0.6 is 11.8 Å². The van der Waals surface area contributed by atoms with Crippen molar-refractivity contribution in [2.24, 2.45) is 0 Å². The molecule has 0 amide bonds. The molecular formula is C14H27NOS. The van der Waals surface area contributed by atoms with Gasteiger partial charge in [-0.25, -0.2) is 0 Å². The molecule has 0 bridgehead atoms. The Morgan fingerprint density at radius 1 is 1.18 bits per heavy atom. The average molecular weight is 257 g/mol. The summed E-state index contributed by atoms with van der Waals surface area (Å²) in [6.07, 6.45) is 10.2. The van der Waals surface area contributed by atoms with E-state index in [0.29, 0.717) is 6.04 Å². The number of ether oxygens (including phenoxy) is 1. The summed E-state index contributed by atoms with van der Waals surface area (Å²) in [4.78, 5) is 0. The lowest BCUT2D eigenvalue weighted by atomic mass is 9.90. The van der Waals surface area contributed by atoms with Crippen molar-refractivity contribution in [3.05, 3.63) is 0 Å². The molecule has 3 unspecified atom stereocenters. The van der Waals surface area contributed by atoms with Crippen molar-refractivity contribution in [2.75, 3.05) is 12.9 Å². The highest BCUT2D eigenvalue weighted by molar-refractivity contribution is 7.99. The SMILES string of the molecule is CSC1CCCCC1NC1CCOC(C)(C)C1. The zero-order chi connectivity index (χ0) is 12.3. The third kappa shape index (κ3) is 3.87. The topological polar surface area (TPSA) is 21.3 Å². The molecule has 1 aliphatic heterocycles. The normalized spacial score (nSPS) is 37.9. The molecule has 1 heterocycles. The van der Waals surface area contributed by atoms with Crippen LogP contribution in [0.2, 0.25) is 0 Å². The highest BCUT2D eigenvalue weighted by Crippen LogP contribution is 2.30. The maximum atomic E-state index is 5.79. The van der Waals surface area contributed by atoms with Crippen LogP contribution in [0.25, 0.3) is 0 Å². The largest absolute Gasteiger partial charge is 0.375 e. The van der Waals surface area contributed by atoms with E-state index in [1.165, 1.54) is 32.1 Å². The smallest absolute Gasteiger partial charge is 0.0641 e. The van der Waals surface area contributed by atoms with Gasteiger partial charge in [0, 0.05) is 23.9 Å². The maximum absolute atomic E-state index is 5.79. The summed E-state index contributed by atoms with van der Waals surface area (Å²) >= 11 is 2.05. The molecule has 3 atom stereocenters. The number of nitrogens with one attached hydrogen (secondary N) is 1. The van der Waals surface area contributed by atoms with Gasteiger partial charge < -0.3 is 10.1 Å². The lowest BCUT2D eigenvalue weighted by Gasteiger charge is -2.40. The third-order valence-electron chi connectivity index (χ3n) is 4.15. The second-order valence-corrected chi connectivity index (χ2v) is 7.21. The summed E-state index contributed by atoms with van der Waals surface area (Å²) < 4.78 is 5.79. The molecule has 2 aliphatic rings. The van der Waals surface area contributed by atoms with Gasteiger partial charge in [-0.15, -0.1) is 0 Å². The van der Waals surface area contributed by atoms with Crippen LogP contribution in [-0.2, 0) is 4.74 Å². The Morgan fingerprint density at radius 2 is 1.94 bits per heavy atom. The first-order valence-electron chi connectivity index (χ1n) is 7.03. The van der Waals surface area contributed by atoms with Crippen LogP contribution in [0.5, 0.6) is 0 Å². The lowest BCUT2D eigenvalue weighted by Crippen LogP contribution is -2.51. The van der Waals surface area contributed by atoms with E-state index in [0.717, 1.165) is 24.3 Å². The van der Waals surface area contributed by atoms with Gasteiger partial charge in [0.2, 0.25) is 0 Å². The van der Waals surface area contributed by atoms with Crippen LogP contribution < -0.4 is 5.32 Å². The first kappa shape index (κ1) is 13.7. The van der Waals surface area contributed by atoms with Crippen LogP contribution in [-0.4, -0.2) is 35.8 Å². The summed E-state index contributed by atoms with van der Waals surface area (Å²) in [5.41, 5.74) is 0.0689. The number of hydrogen-bond donors (Lipinski definition) is 1. The third-order valence-corrected chi connectivity index (χ3v) is 5.32. The Bertz CT molecular complexity index is 244. The van der Waals surface area contributed by atoms with Crippen molar-refractivity contribution in [2.45, 2.75) is 75.3 Å². The predicted octanol–water partition coefficient (Wildman–Crippen LogP) is 3.21. The molecule has 17 heavy (non-hydrogen) atoms. The molecule has 0 radical (unpaired) electrons. The number of hydrogen-bond acceptors (Lipinski definition) is 3. The zero-order valence-corrected chi connectivity index (χ0v) is 12.3. The van der Waals surface area contributed by atoms with Gasteiger partial charge >= 0.3 is 0 Å². The summed E-state index contributed by atoms with van der Waals surface area (Å²) in [7, 11) is 0. The van der Waals surface area contributed by atoms with Crippen LogP contribution in [0.1, 0.15) is 52.4 Å². The Kier molecular flexibility index (Phi) is 4.79. The van der Waals surface area contributed by atoms with E-state index in [1.54, 1.807) is 0 Å². The van der Waals surface area contributed by atoms with Crippen LogP contribution in [0.3, 0.4) is 0 Å². The molecule has 2 rings (SSSR count). The van der Waals surface area contributed by atoms with Crippen molar-refractivity contribution in [1.29, 1.82) is 0 Å². The van der Waals surface area contributed by atoms with Gasteiger partial charge in [-0.2, -0.15) is 11.8 Å². The van der Waals surface area contributed by atoms with Gasteiger partial charge in [0.15, 0.2) is 0 Å². The molecule has 1 saturated carbocycles. The highest BCUT2D eigenvalue weighted by Gasteiger charge is 2.32. The predicted molar refractivity (Wildman–Crippen MR) is 75.7 cm³/mol. The fraction of sp³-hybridized carbons (Fsp3) is 1.00. The molecule has 1 aliphatic carbocycles. The Labute approximate surface area is 110 Å². The van der Waals surface area contributed by atoms with Crippen molar-refractivity contribution >= 4 is 11.8 Å². The fourth-order valence-electron chi connectivity index (χ4n) is 3.25. The van der Waals surface area contributed by atoms with Crippen LogP contribution in [0, 0.1) is 0 Å². The molecule has 0 aromatic rings. The van der Waals surface area contributed by atoms with E-state index in [1.807, 2.05) is 11.8 Å². The molecule has 2 nitrogen and oxygen atoms in total. The maximum Gasteiger partial charge on any atom is 0.0641 e. The second kappa shape index (κ2) is 5.94. The number of rotatable bonds is 3. The second-order valence-electron chi connectivity index (χ2n) is 6.13. The average Bonchev–Trinajstić information content (AvgIpc) is 2.28. The van der Waals surface area contributed by atoms with Crippen molar-refractivity contribution in [3.8, 4) is 0 Å². The fourth-order valence-corrected chi connectivity index (χ4v) is 4.19. The van der Waals surface area contributed by atoms with Crippen molar-refractivity contribution in [1.82, 2.24) is 5.32 Å². The molecule has 1 N–H and O–H groups in total. The minimum atomic E-state index is 0.0689. The van der Waals surface area contributed by atoms with E-state index in [4.69, 9.17) is 4.74 Å². The molecule has 0 aromatic carbocycles. The summed E-state index contributed by atoms with van der Waals surface area (Å²) in [6.45, 7) is 5.35. The van der Waals surface area contributed by atoms with Gasteiger partial charge in [0.05, 0.1) is 5.60 Å². The Balaban J connectivity index is 1.86. The molecule has 0 spiro atoms. The molecule has 2 fully saturated rings. The van der Waals surface area contributed by atoms with E-state index in [-0.39, 0.29) is 5.60 Å². The van der Waals surface area contributed by atoms with Crippen LogP contribution in [0.4, 0.5) is 0 Å². The molecule has 0 aromatic heterocycles. The van der Waals surface area contributed by atoms with E-state index >= 15 is 0 Å².